The highest BCUT2D eigenvalue weighted by atomic mass is 32.1. The van der Waals surface area contributed by atoms with Crippen molar-refractivity contribution >= 4 is 11.3 Å². The van der Waals surface area contributed by atoms with Crippen LogP contribution in [-0.2, 0) is 7.05 Å². The Labute approximate surface area is 259 Å². The number of aryl methyl sites for hydroxylation is 1. The molecule has 230 valence electrons. The average Bonchev–Trinajstić information content (AvgIpc) is 3.78. The highest BCUT2D eigenvalue weighted by molar-refractivity contribution is 7.10. The molecule has 0 aliphatic heterocycles. The topological polar surface area (TPSA) is 44.1 Å². The molecule has 0 aromatic carbocycles. The number of hydrogen-bond donors (Lipinski definition) is 0. The number of pyridine rings is 1. The summed E-state index contributed by atoms with van der Waals surface area (Å²) in [6.45, 7) is 21.6. The van der Waals surface area contributed by atoms with Crippen molar-refractivity contribution < 1.29 is 8.83 Å². The summed E-state index contributed by atoms with van der Waals surface area (Å²) < 4.78 is 12.1. The van der Waals surface area contributed by atoms with Gasteiger partial charge in [0.2, 0.25) is 0 Å². The van der Waals surface area contributed by atoms with E-state index in [1.807, 2.05) is 53.9 Å². The summed E-state index contributed by atoms with van der Waals surface area (Å²) in [5, 5.41) is 2.12. The normalized spacial score (nSPS) is 10.4. The summed E-state index contributed by atoms with van der Waals surface area (Å²) in [4.78, 5) is 5.66. The molecule has 0 aliphatic carbocycles. The molecule has 5 heteroatoms. The molecule has 0 fully saturated rings. The molecule has 0 atom stereocenters. The second kappa shape index (κ2) is 20.5. The predicted octanol–water partition coefficient (Wildman–Crippen LogP) is 12.0. The third kappa shape index (κ3) is 15.1. The highest BCUT2D eigenvalue weighted by Crippen LogP contribution is 2.19. The maximum absolute atomic E-state index is 5.09. The molecule has 42 heavy (non-hydrogen) atoms. The summed E-state index contributed by atoms with van der Waals surface area (Å²) in [7, 11) is 2.08. The summed E-state index contributed by atoms with van der Waals surface area (Å²) in [6.07, 6.45) is 9.10. The van der Waals surface area contributed by atoms with Crippen LogP contribution in [0.15, 0.2) is 106 Å². The molecule has 0 saturated heterocycles. The van der Waals surface area contributed by atoms with Gasteiger partial charge in [-0.1, -0.05) is 81.4 Å². The van der Waals surface area contributed by atoms with E-state index in [1.54, 1.807) is 18.8 Å². The van der Waals surface area contributed by atoms with Gasteiger partial charge in [0, 0.05) is 41.6 Å². The van der Waals surface area contributed by atoms with Crippen LogP contribution in [0.2, 0.25) is 0 Å². The molecule has 0 radical (unpaired) electrons. The molecular weight excluding hydrogens is 536 g/mol. The zero-order valence-corrected chi connectivity index (χ0v) is 28.6. The molecule has 5 aromatic rings. The summed E-state index contributed by atoms with van der Waals surface area (Å²) >= 11 is 1.83. The van der Waals surface area contributed by atoms with E-state index >= 15 is 0 Å². The Bertz CT molecular complexity index is 1160. The summed E-state index contributed by atoms with van der Waals surface area (Å²) in [5.41, 5.74) is 3.83. The number of nitrogens with zero attached hydrogens (tertiary/aromatic N) is 2. The first-order valence-electron chi connectivity index (χ1n) is 15.0. The molecule has 0 N–H and O–H groups in total. The number of thiophene rings is 1. The SMILES string of the molecule is CC(C)c1ccccn1.CC(C)c1cccn1C.CC(C)c1ccco1.CC(C)c1cccs1.CC(C)c1ccoc1. The van der Waals surface area contributed by atoms with Gasteiger partial charge in [0.25, 0.3) is 0 Å². The molecule has 5 rings (SSSR count). The number of furan rings is 2. The third-order valence-corrected chi connectivity index (χ3v) is 7.46. The van der Waals surface area contributed by atoms with Crippen LogP contribution in [0.3, 0.4) is 0 Å². The van der Waals surface area contributed by atoms with Gasteiger partial charge in [0.05, 0.1) is 18.8 Å². The molecular formula is C37H54N2O2S. The van der Waals surface area contributed by atoms with E-state index in [1.165, 1.54) is 16.1 Å². The van der Waals surface area contributed by atoms with Crippen LogP contribution in [0.5, 0.6) is 0 Å². The molecule has 0 aliphatic rings. The van der Waals surface area contributed by atoms with E-state index in [-0.39, 0.29) is 0 Å². The Morgan fingerprint density at radius 3 is 1.67 bits per heavy atom. The van der Waals surface area contributed by atoms with Crippen LogP contribution in [-0.4, -0.2) is 9.55 Å². The minimum absolute atomic E-state index is 0.519. The highest BCUT2D eigenvalue weighted by Gasteiger charge is 2.00. The molecule has 0 unspecified atom stereocenters. The van der Waals surface area contributed by atoms with Gasteiger partial charge in [-0.2, -0.15) is 0 Å². The van der Waals surface area contributed by atoms with Crippen molar-refractivity contribution in [3.63, 3.8) is 0 Å². The molecule has 0 bridgehead atoms. The number of hydrogen-bond acceptors (Lipinski definition) is 4. The zero-order valence-electron chi connectivity index (χ0n) is 27.7. The molecule has 5 aromatic heterocycles. The smallest absolute Gasteiger partial charge is 0.106 e. The van der Waals surface area contributed by atoms with Crippen molar-refractivity contribution in [2.45, 2.75) is 98.8 Å². The van der Waals surface area contributed by atoms with Crippen LogP contribution in [0, 0.1) is 0 Å². The first-order chi connectivity index (χ1) is 19.9. The third-order valence-electron chi connectivity index (χ3n) is 6.29. The minimum atomic E-state index is 0.519. The van der Waals surface area contributed by atoms with Crippen molar-refractivity contribution in [2.24, 2.45) is 7.05 Å². The molecule has 0 amide bonds. The van der Waals surface area contributed by atoms with Crippen LogP contribution in [0.1, 0.15) is 126 Å². The molecule has 0 spiro atoms. The van der Waals surface area contributed by atoms with Crippen molar-refractivity contribution in [3.05, 3.63) is 125 Å². The maximum atomic E-state index is 5.09. The van der Waals surface area contributed by atoms with Crippen molar-refractivity contribution in [1.29, 1.82) is 0 Å². The van der Waals surface area contributed by atoms with E-state index in [0.717, 1.165) is 11.5 Å². The van der Waals surface area contributed by atoms with Crippen LogP contribution >= 0.6 is 11.3 Å². The maximum Gasteiger partial charge on any atom is 0.106 e. The quantitative estimate of drug-likeness (QED) is 0.204. The van der Waals surface area contributed by atoms with Crippen LogP contribution in [0.4, 0.5) is 0 Å². The summed E-state index contributed by atoms with van der Waals surface area (Å²) in [6, 6.07) is 20.4. The summed E-state index contributed by atoms with van der Waals surface area (Å²) in [5.74, 6) is 4.06. The van der Waals surface area contributed by atoms with Gasteiger partial charge in [-0.3, -0.25) is 4.98 Å². The second-order valence-electron chi connectivity index (χ2n) is 11.7. The Kier molecular flexibility index (Phi) is 18.0. The first kappa shape index (κ1) is 36.7. The number of aromatic nitrogens is 2. The van der Waals surface area contributed by atoms with E-state index in [2.05, 4.69) is 122 Å². The average molecular weight is 591 g/mol. The lowest BCUT2D eigenvalue weighted by Crippen LogP contribution is -1.95. The Morgan fingerprint density at radius 2 is 1.40 bits per heavy atom. The van der Waals surface area contributed by atoms with Gasteiger partial charge in [-0.05, 0) is 83.1 Å². The van der Waals surface area contributed by atoms with E-state index in [9.17, 15) is 0 Å². The van der Waals surface area contributed by atoms with Crippen LogP contribution < -0.4 is 0 Å². The largest absolute Gasteiger partial charge is 0.472 e. The zero-order chi connectivity index (χ0) is 31.5. The first-order valence-corrected chi connectivity index (χ1v) is 15.9. The molecule has 4 nitrogen and oxygen atoms in total. The minimum Gasteiger partial charge on any atom is -0.472 e. The Hall–Kier alpha value is -3.31. The lowest BCUT2D eigenvalue weighted by molar-refractivity contribution is 0.487. The van der Waals surface area contributed by atoms with Gasteiger partial charge in [0.1, 0.15) is 5.76 Å². The van der Waals surface area contributed by atoms with Gasteiger partial charge in [-0.15, -0.1) is 11.3 Å². The monoisotopic (exact) mass is 590 g/mol. The van der Waals surface area contributed by atoms with Crippen molar-refractivity contribution in [3.8, 4) is 0 Å². The van der Waals surface area contributed by atoms with Crippen molar-refractivity contribution in [2.75, 3.05) is 0 Å². The van der Waals surface area contributed by atoms with Gasteiger partial charge in [0.15, 0.2) is 0 Å². The fraction of sp³-hybridized carbons (Fsp3) is 0.432. The second-order valence-corrected chi connectivity index (χ2v) is 12.6. The fourth-order valence-electron chi connectivity index (χ4n) is 3.63. The lowest BCUT2D eigenvalue weighted by atomic mass is 10.1. The van der Waals surface area contributed by atoms with Gasteiger partial charge < -0.3 is 13.4 Å². The molecule has 5 heterocycles. The van der Waals surface area contributed by atoms with E-state index in [4.69, 9.17) is 8.83 Å². The standard InChI is InChI=1S/C8H13N.C8H11N.2C7H10O.C7H10S/c1-7(2)8-5-4-6-9(8)3;1-7(2)8-5-3-4-6-9-8;1-6(2)7-3-4-8-5-7;2*1-6(2)7-4-3-5-8-7/h4-7H,1-3H3;3-7H,1-2H3;3*3-6H,1-2H3. The van der Waals surface area contributed by atoms with Gasteiger partial charge >= 0.3 is 0 Å². The Morgan fingerprint density at radius 1 is 0.667 bits per heavy atom. The predicted molar refractivity (Wildman–Crippen MR) is 182 cm³/mol. The van der Waals surface area contributed by atoms with E-state index in [0.29, 0.717) is 29.6 Å². The lowest BCUT2D eigenvalue weighted by Gasteiger charge is -2.04. The van der Waals surface area contributed by atoms with Gasteiger partial charge in [-0.25, -0.2) is 0 Å². The Balaban J connectivity index is 0.000000263. The van der Waals surface area contributed by atoms with E-state index < -0.39 is 0 Å². The number of rotatable bonds is 5. The van der Waals surface area contributed by atoms with Crippen LogP contribution in [0.25, 0.3) is 0 Å². The fourth-order valence-corrected chi connectivity index (χ4v) is 4.38. The van der Waals surface area contributed by atoms with Crippen molar-refractivity contribution in [1.82, 2.24) is 9.55 Å². The molecule has 0 saturated carbocycles.